The summed E-state index contributed by atoms with van der Waals surface area (Å²) in [7, 11) is 0. The summed E-state index contributed by atoms with van der Waals surface area (Å²) in [6.45, 7) is 14.4. The molecule has 0 aromatic carbocycles. The zero-order valence-electron chi connectivity index (χ0n) is 17.0. The fourth-order valence-electron chi connectivity index (χ4n) is 4.53. The summed E-state index contributed by atoms with van der Waals surface area (Å²) in [6.07, 6.45) is 9.53. The van der Waals surface area contributed by atoms with E-state index in [-0.39, 0.29) is 11.9 Å². The van der Waals surface area contributed by atoms with Gasteiger partial charge in [0.1, 0.15) is 0 Å². The summed E-state index contributed by atoms with van der Waals surface area (Å²) in [5.74, 6) is 4.17. The SMILES string of the molecule is C1CC2C(C1)[C@H]1CC[C@@H]2C1.C=C(C)C(=O)OCC.C=C(C)C(=O)OCC. The average Bonchev–Trinajstić information content (AvgIpc) is 3.31. The Labute approximate surface area is 159 Å². The molecule has 4 nitrogen and oxygen atoms in total. The summed E-state index contributed by atoms with van der Waals surface area (Å²) in [5.41, 5.74) is 0.902. The Morgan fingerprint density at radius 2 is 1.19 bits per heavy atom. The number of ether oxygens (including phenoxy) is 2. The smallest absolute Gasteiger partial charge is 0.333 e. The van der Waals surface area contributed by atoms with Crippen LogP contribution in [0.4, 0.5) is 0 Å². The van der Waals surface area contributed by atoms with Crippen LogP contribution in [0.15, 0.2) is 24.3 Å². The van der Waals surface area contributed by atoms with Crippen molar-refractivity contribution in [3.63, 3.8) is 0 Å². The van der Waals surface area contributed by atoms with Crippen LogP contribution in [-0.4, -0.2) is 25.2 Å². The van der Waals surface area contributed by atoms with Crippen LogP contribution >= 0.6 is 0 Å². The van der Waals surface area contributed by atoms with Gasteiger partial charge in [-0.1, -0.05) is 19.6 Å². The Bertz CT molecular complexity index is 464. The van der Waals surface area contributed by atoms with Gasteiger partial charge in [0.15, 0.2) is 0 Å². The van der Waals surface area contributed by atoms with Crippen molar-refractivity contribution in [3.8, 4) is 0 Å². The quantitative estimate of drug-likeness (QED) is 0.515. The molecule has 0 heterocycles. The second kappa shape index (κ2) is 11.2. The first kappa shape index (κ1) is 22.5. The summed E-state index contributed by atoms with van der Waals surface area (Å²) in [6, 6.07) is 0. The number of hydrogen-bond acceptors (Lipinski definition) is 4. The van der Waals surface area contributed by atoms with Crippen molar-refractivity contribution in [3.05, 3.63) is 24.3 Å². The van der Waals surface area contributed by atoms with Gasteiger partial charge < -0.3 is 9.47 Å². The predicted octanol–water partition coefficient (Wildman–Crippen LogP) is 5.08. The van der Waals surface area contributed by atoms with Crippen molar-refractivity contribution in [2.75, 3.05) is 13.2 Å². The number of rotatable bonds is 4. The van der Waals surface area contributed by atoms with Crippen molar-refractivity contribution in [2.24, 2.45) is 23.7 Å². The lowest BCUT2D eigenvalue weighted by atomic mass is 9.82. The van der Waals surface area contributed by atoms with Crippen molar-refractivity contribution < 1.29 is 19.1 Å². The number of carbonyl (C=O) groups is 2. The Kier molecular flexibility index (Phi) is 9.68. The van der Waals surface area contributed by atoms with Crippen LogP contribution in [0.3, 0.4) is 0 Å². The number of carbonyl (C=O) groups excluding carboxylic acids is 2. The van der Waals surface area contributed by atoms with Crippen molar-refractivity contribution in [1.29, 1.82) is 0 Å². The lowest BCUT2D eigenvalue weighted by Crippen LogP contribution is -2.15. The van der Waals surface area contributed by atoms with Crippen LogP contribution in [0.5, 0.6) is 0 Å². The topological polar surface area (TPSA) is 52.6 Å². The maximum Gasteiger partial charge on any atom is 0.333 e. The zero-order valence-corrected chi connectivity index (χ0v) is 17.0. The first-order valence-electron chi connectivity index (χ1n) is 9.96. The van der Waals surface area contributed by atoms with Crippen LogP contribution in [0.25, 0.3) is 0 Å². The molecule has 0 aromatic heterocycles. The highest BCUT2D eigenvalue weighted by Gasteiger charge is 2.48. The highest BCUT2D eigenvalue weighted by atomic mass is 16.5. The first-order chi connectivity index (χ1) is 12.3. The number of fused-ring (bicyclic) bond motifs is 5. The third kappa shape index (κ3) is 6.62. The van der Waals surface area contributed by atoms with E-state index in [0.29, 0.717) is 24.4 Å². The molecule has 3 aliphatic rings. The molecule has 0 aromatic rings. The van der Waals surface area contributed by atoms with Gasteiger partial charge in [0, 0.05) is 11.1 Å². The second-order valence-electron chi connectivity index (χ2n) is 7.59. The molecule has 2 bridgehead atoms. The van der Waals surface area contributed by atoms with Gasteiger partial charge in [-0.2, -0.15) is 0 Å². The Balaban J connectivity index is 0.000000199. The lowest BCUT2D eigenvalue weighted by molar-refractivity contribution is -0.139. The van der Waals surface area contributed by atoms with Gasteiger partial charge in [-0.3, -0.25) is 0 Å². The van der Waals surface area contributed by atoms with Crippen molar-refractivity contribution in [2.45, 2.75) is 66.2 Å². The van der Waals surface area contributed by atoms with Crippen molar-refractivity contribution in [1.82, 2.24) is 0 Å². The van der Waals surface area contributed by atoms with Gasteiger partial charge in [-0.25, -0.2) is 9.59 Å². The van der Waals surface area contributed by atoms with Gasteiger partial charge in [0.05, 0.1) is 13.2 Å². The summed E-state index contributed by atoms with van der Waals surface area (Å²) >= 11 is 0. The van der Waals surface area contributed by atoms with E-state index >= 15 is 0 Å². The minimum Gasteiger partial charge on any atom is -0.463 e. The van der Waals surface area contributed by atoms with E-state index in [0.717, 1.165) is 0 Å². The first-order valence-corrected chi connectivity index (χ1v) is 9.96. The minimum atomic E-state index is -0.312. The maximum absolute atomic E-state index is 10.4. The molecule has 148 valence electrons. The van der Waals surface area contributed by atoms with Crippen LogP contribution in [0, 0.1) is 23.7 Å². The van der Waals surface area contributed by atoms with Crippen molar-refractivity contribution >= 4 is 11.9 Å². The molecule has 3 saturated carbocycles. The van der Waals surface area contributed by atoms with Gasteiger partial charge in [0.25, 0.3) is 0 Å². The lowest BCUT2D eigenvalue weighted by Gasteiger charge is -2.23. The Morgan fingerprint density at radius 1 is 0.808 bits per heavy atom. The van der Waals surface area contributed by atoms with Gasteiger partial charge >= 0.3 is 11.9 Å². The number of hydrogen-bond donors (Lipinski definition) is 0. The molecule has 3 fully saturated rings. The van der Waals surface area contributed by atoms with Gasteiger partial charge in [-0.05, 0) is 83.5 Å². The third-order valence-corrected chi connectivity index (χ3v) is 5.60. The Morgan fingerprint density at radius 3 is 1.46 bits per heavy atom. The minimum absolute atomic E-state index is 0.312. The molecule has 2 unspecified atom stereocenters. The molecule has 4 atom stereocenters. The van der Waals surface area contributed by atoms with Gasteiger partial charge in [0.2, 0.25) is 0 Å². The molecule has 0 spiro atoms. The molecule has 3 rings (SSSR count). The summed E-state index contributed by atoms with van der Waals surface area (Å²) in [4.78, 5) is 20.8. The third-order valence-electron chi connectivity index (χ3n) is 5.60. The van der Waals surface area contributed by atoms with E-state index in [9.17, 15) is 9.59 Å². The fraction of sp³-hybridized carbons (Fsp3) is 0.727. The largest absolute Gasteiger partial charge is 0.463 e. The van der Waals surface area contributed by atoms with E-state index in [1.54, 1.807) is 66.2 Å². The molecule has 26 heavy (non-hydrogen) atoms. The number of esters is 2. The molecule has 3 aliphatic carbocycles. The highest BCUT2D eigenvalue weighted by molar-refractivity contribution is 5.87. The highest BCUT2D eigenvalue weighted by Crippen LogP contribution is 2.58. The molecule has 0 N–H and O–H groups in total. The monoisotopic (exact) mass is 364 g/mol. The maximum atomic E-state index is 10.4. The molecule has 0 radical (unpaired) electrons. The van der Waals surface area contributed by atoms with E-state index in [1.807, 2.05) is 0 Å². The summed E-state index contributed by atoms with van der Waals surface area (Å²) < 4.78 is 9.13. The van der Waals surface area contributed by atoms with E-state index in [1.165, 1.54) is 23.7 Å². The summed E-state index contributed by atoms with van der Waals surface area (Å²) in [5, 5.41) is 0. The zero-order chi connectivity index (χ0) is 19.7. The normalized spacial score (nSPS) is 27.2. The molecule has 4 heteroatoms. The molecular formula is C22H36O4. The molecule has 0 amide bonds. The van der Waals surface area contributed by atoms with E-state index in [4.69, 9.17) is 0 Å². The van der Waals surface area contributed by atoms with Crippen LogP contribution < -0.4 is 0 Å². The van der Waals surface area contributed by atoms with E-state index < -0.39 is 0 Å². The molecular weight excluding hydrogens is 328 g/mol. The molecule has 0 aliphatic heterocycles. The van der Waals surface area contributed by atoms with Crippen LogP contribution in [0.1, 0.15) is 66.2 Å². The fourth-order valence-corrected chi connectivity index (χ4v) is 4.53. The Hall–Kier alpha value is -1.58. The second-order valence-corrected chi connectivity index (χ2v) is 7.59. The van der Waals surface area contributed by atoms with E-state index in [2.05, 4.69) is 22.6 Å². The average molecular weight is 365 g/mol. The standard InChI is InChI=1S/C10H16.2C6H10O2/c1-2-9-7-4-5-8(6-7)10(9)3-1;2*1-4-8-6(7)5(2)3/h7-10H,1-6H2;2*2,4H2,1,3H3/t7-,8+,9?,10?;;. The molecule has 0 saturated heterocycles. The van der Waals surface area contributed by atoms with Crippen LogP contribution in [0.2, 0.25) is 0 Å². The van der Waals surface area contributed by atoms with Crippen LogP contribution in [-0.2, 0) is 19.1 Å². The van der Waals surface area contributed by atoms with Gasteiger partial charge in [-0.15, -0.1) is 0 Å². The predicted molar refractivity (Wildman–Crippen MR) is 105 cm³/mol.